The number of hydrogen-bond acceptors (Lipinski definition) is 2. The van der Waals surface area contributed by atoms with E-state index in [1.54, 1.807) is 0 Å². The van der Waals surface area contributed by atoms with Crippen molar-refractivity contribution in [3.05, 3.63) is 35.1 Å². The van der Waals surface area contributed by atoms with Gasteiger partial charge in [0.05, 0.1) is 5.52 Å². The third-order valence-electron chi connectivity index (χ3n) is 1.76. The minimum Gasteiger partial charge on any atom is -0.475 e. The summed E-state index contributed by atoms with van der Waals surface area (Å²) in [5.74, 6) is -2.46. The summed E-state index contributed by atoms with van der Waals surface area (Å²) in [5, 5.41) is 8.69. The van der Waals surface area contributed by atoms with Gasteiger partial charge >= 0.3 is 5.97 Å². The quantitative estimate of drug-likeness (QED) is 0.737. The molecule has 0 unspecified atom stereocenters. The van der Waals surface area contributed by atoms with Crippen molar-refractivity contribution < 1.29 is 14.3 Å². The second-order valence-corrected chi connectivity index (χ2v) is 2.96. The minimum atomic E-state index is -1.32. The van der Waals surface area contributed by atoms with E-state index in [-0.39, 0.29) is 10.7 Å². The maximum atomic E-state index is 13.2. The molecule has 4 nitrogen and oxygen atoms in total. The Labute approximate surface area is 82.6 Å². The molecule has 2 heterocycles. The Morgan fingerprint density at radius 1 is 1.57 bits per heavy atom. The van der Waals surface area contributed by atoms with Gasteiger partial charge in [-0.25, -0.2) is 9.78 Å². The van der Waals surface area contributed by atoms with E-state index in [4.69, 9.17) is 16.7 Å². The summed E-state index contributed by atoms with van der Waals surface area (Å²) in [5.41, 5.74) is 0.240. The van der Waals surface area contributed by atoms with Gasteiger partial charge in [-0.2, -0.15) is 4.39 Å². The van der Waals surface area contributed by atoms with Gasteiger partial charge in [0.2, 0.25) is 5.82 Å². The Bertz CT molecular complexity index is 523. The zero-order valence-electron chi connectivity index (χ0n) is 6.74. The van der Waals surface area contributed by atoms with E-state index < -0.39 is 17.7 Å². The van der Waals surface area contributed by atoms with Crippen molar-refractivity contribution in [3.8, 4) is 0 Å². The Morgan fingerprint density at radius 3 is 2.93 bits per heavy atom. The van der Waals surface area contributed by atoms with Crippen molar-refractivity contribution in [2.24, 2.45) is 0 Å². The van der Waals surface area contributed by atoms with E-state index in [1.165, 1.54) is 12.1 Å². The van der Waals surface area contributed by atoms with Crippen molar-refractivity contribution in [1.29, 1.82) is 0 Å². The maximum absolute atomic E-state index is 13.2. The van der Waals surface area contributed by atoms with Gasteiger partial charge in [-0.3, -0.25) is 4.40 Å². The van der Waals surface area contributed by atoms with Gasteiger partial charge < -0.3 is 5.11 Å². The molecule has 0 bridgehead atoms. The zero-order valence-corrected chi connectivity index (χ0v) is 7.49. The molecule has 2 aromatic rings. The van der Waals surface area contributed by atoms with Crippen LogP contribution in [0.1, 0.15) is 10.6 Å². The van der Waals surface area contributed by atoms with Crippen LogP contribution >= 0.6 is 11.6 Å². The molecule has 0 aromatic carbocycles. The molecule has 0 aliphatic carbocycles. The highest BCUT2D eigenvalue weighted by Crippen LogP contribution is 2.19. The van der Waals surface area contributed by atoms with Crippen LogP contribution in [-0.4, -0.2) is 20.5 Å². The van der Waals surface area contributed by atoms with Crippen molar-refractivity contribution in [2.45, 2.75) is 0 Å². The zero-order chi connectivity index (χ0) is 10.3. The molecule has 72 valence electrons. The summed E-state index contributed by atoms with van der Waals surface area (Å²) >= 11 is 5.63. The third kappa shape index (κ3) is 1.13. The Balaban J connectivity index is 2.93. The standard InChI is InChI=1S/C8H4ClFN2O2/c9-6-4-2-1-3-5(10)12(4)7(11-6)8(13)14/h1-3H,(H,13,14). The van der Waals surface area contributed by atoms with Crippen LogP contribution in [0.2, 0.25) is 5.15 Å². The van der Waals surface area contributed by atoms with Gasteiger partial charge in [0.15, 0.2) is 11.1 Å². The summed E-state index contributed by atoms with van der Waals surface area (Å²) < 4.78 is 14.1. The van der Waals surface area contributed by atoms with Crippen molar-refractivity contribution in [3.63, 3.8) is 0 Å². The fraction of sp³-hybridized carbons (Fsp3) is 0. The molecule has 0 radical (unpaired) electrons. The lowest BCUT2D eigenvalue weighted by atomic mass is 10.4. The monoisotopic (exact) mass is 214 g/mol. The molecule has 2 rings (SSSR count). The lowest BCUT2D eigenvalue weighted by Crippen LogP contribution is -2.05. The smallest absolute Gasteiger partial charge is 0.372 e. The molecule has 2 aromatic heterocycles. The van der Waals surface area contributed by atoms with Crippen LogP contribution in [0, 0.1) is 5.95 Å². The minimum absolute atomic E-state index is 0.0260. The van der Waals surface area contributed by atoms with E-state index in [1.807, 2.05) is 0 Å². The Hall–Kier alpha value is -1.62. The summed E-state index contributed by atoms with van der Waals surface area (Å²) in [6.45, 7) is 0. The molecule has 0 aliphatic rings. The lowest BCUT2D eigenvalue weighted by Gasteiger charge is -1.97. The topological polar surface area (TPSA) is 54.6 Å². The Morgan fingerprint density at radius 2 is 2.29 bits per heavy atom. The molecule has 0 atom stereocenters. The molecule has 0 saturated carbocycles. The predicted octanol–water partition coefficient (Wildman–Crippen LogP) is 1.82. The molecular formula is C8H4ClFN2O2. The number of carbonyl (C=O) groups is 1. The largest absolute Gasteiger partial charge is 0.475 e. The number of aromatic carboxylic acids is 1. The second-order valence-electron chi connectivity index (χ2n) is 2.60. The fourth-order valence-electron chi connectivity index (χ4n) is 1.20. The first-order chi connectivity index (χ1) is 6.61. The number of fused-ring (bicyclic) bond motifs is 1. The van der Waals surface area contributed by atoms with Crippen molar-refractivity contribution in [2.75, 3.05) is 0 Å². The highest BCUT2D eigenvalue weighted by atomic mass is 35.5. The predicted molar refractivity (Wildman–Crippen MR) is 47.1 cm³/mol. The van der Waals surface area contributed by atoms with Gasteiger partial charge in [0.1, 0.15) is 0 Å². The highest BCUT2D eigenvalue weighted by molar-refractivity contribution is 6.32. The molecule has 0 fully saturated rings. The maximum Gasteiger partial charge on any atom is 0.372 e. The summed E-state index contributed by atoms with van der Waals surface area (Å²) in [7, 11) is 0. The first-order valence-corrected chi connectivity index (χ1v) is 4.05. The summed E-state index contributed by atoms with van der Waals surface area (Å²) in [6.07, 6.45) is 0. The van der Waals surface area contributed by atoms with Crippen LogP contribution < -0.4 is 0 Å². The second kappa shape index (κ2) is 2.95. The fourth-order valence-corrected chi connectivity index (χ4v) is 1.43. The molecular weight excluding hydrogens is 211 g/mol. The van der Waals surface area contributed by atoms with E-state index in [9.17, 15) is 9.18 Å². The number of nitrogens with zero attached hydrogens (tertiary/aromatic N) is 2. The van der Waals surface area contributed by atoms with E-state index in [0.717, 1.165) is 10.5 Å². The molecule has 0 amide bonds. The van der Waals surface area contributed by atoms with Crippen molar-refractivity contribution in [1.82, 2.24) is 9.38 Å². The molecule has 0 aliphatic heterocycles. The van der Waals surface area contributed by atoms with Gasteiger partial charge in [0.25, 0.3) is 0 Å². The first kappa shape index (κ1) is 8.96. The van der Waals surface area contributed by atoms with Gasteiger partial charge in [-0.1, -0.05) is 17.7 Å². The van der Waals surface area contributed by atoms with Crippen LogP contribution in [0.15, 0.2) is 18.2 Å². The van der Waals surface area contributed by atoms with Crippen LogP contribution in [0.25, 0.3) is 5.52 Å². The van der Waals surface area contributed by atoms with Crippen LogP contribution in [0.5, 0.6) is 0 Å². The molecule has 0 spiro atoms. The molecule has 14 heavy (non-hydrogen) atoms. The van der Waals surface area contributed by atoms with Crippen LogP contribution in [0.3, 0.4) is 0 Å². The molecule has 1 N–H and O–H groups in total. The lowest BCUT2D eigenvalue weighted by molar-refractivity contribution is 0.0681. The average Bonchev–Trinajstić information content (AvgIpc) is 2.46. The van der Waals surface area contributed by atoms with E-state index in [0.29, 0.717) is 0 Å². The van der Waals surface area contributed by atoms with Gasteiger partial charge in [-0.15, -0.1) is 0 Å². The van der Waals surface area contributed by atoms with Crippen LogP contribution in [0.4, 0.5) is 4.39 Å². The molecule has 6 heteroatoms. The van der Waals surface area contributed by atoms with E-state index in [2.05, 4.69) is 4.98 Å². The van der Waals surface area contributed by atoms with Crippen LogP contribution in [-0.2, 0) is 0 Å². The van der Waals surface area contributed by atoms with E-state index >= 15 is 0 Å². The average molecular weight is 215 g/mol. The SMILES string of the molecule is O=C(O)c1nc(Cl)c2cccc(F)n12. The normalized spacial score (nSPS) is 10.7. The number of halogens is 2. The third-order valence-corrected chi connectivity index (χ3v) is 2.04. The molecule has 0 saturated heterocycles. The van der Waals surface area contributed by atoms with Gasteiger partial charge in [0, 0.05) is 0 Å². The summed E-state index contributed by atoms with van der Waals surface area (Å²) in [6, 6.07) is 4.06. The Kier molecular flexibility index (Phi) is 1.89. The number of hydrogen-bond donors (Lipinski definition) is 1. The number of pyridine rings is 1. The summed E-state index contributed by atoms with van der Waals surface area (Å²) in [4.78, 5) is 14.2. The number of carboxylic acid groups (broad SMARTS) is 1. The number of carboxylic acids is 1. The highest BCUT2D eigenvalue weighted by Gasteiger charge is 2.17. The van der Waals surface area contributed by atoms with Gasteiger partial charge in [-0.05, 0) is 12.1 Å². The number of aromatic nitrogens is 2. The van der Waals surface area contributed by atoms with Crippen molar-refractivity contribution >= 4 is 23.1 Å². The first-order valence-electron chi connectivity index (χ1n) is 3.67. The number of rotatable bonds is 1. The number of imidazole rings is 1.